The van der Waals surface area contributed by atoms with Gasteiger partial charge in [0.05, 0.1) is 6.04 Å². The van der Waals surface area contributed by atoms with Crippen LogP contribution in [-0.4, -0.2) is 17.5 Å². The first-order valence-electron chi connectivity index (χ1n) is 9.33. The second kappa shape index (κ2) is 8.25. The molecule has 0 bridgehead atoms. The number of aryl methyl sites for hydroxylation is 1. The standard InChI is InChI=1S/C22H26N2O3/c1-22(2,24-21(26)27-15-16-9-4-3-5-10-16)20(25)23-19-14-8-12-17-11-6-7-13-18(17)19/h3-7,9-11,13,19H,8,12,14-15H2,1-2H3,(H,23,25)(H,24,26). The van der Waals surface area contributed by atoms with Gasteiger partial charge >= 0.3 is 6.09 Å². The second-order valence-electron chi connectivity index (χ2n) is 7.43. The van der Waals surface area contributed by atoms with Crippen molar-refractivity contribution in [2.24, 2.45) is 0 Å². The van der Waals surface area contributed by atoms with E-state index in [1.54, 1.807) is 13.8 Å². The number of benzene rings is 2. The number of carbonyl (C=O) groups is 2. The maximum Gasteiger partial charge on any atom is 0.408 e. The van der Waals surface area contributed by atoms with Crippen molar-refractivity contribution in [1.82, 2.24) is 10.6 Å². The summed E-state index contributed by atoms with van der Waals surface area (Å²) >= 11 is 0. The Labute approximate surface area is 160 Å². The first kappa shape index (κ1) is 19.0. The molecule has 1 unspecified atom stereocenters. The Bertz CT molecular complexity index is 802. The largest absolute Gasteiger partial charge is 0.445 e. The molecule has 3 rings (SSSR count). The maximum atomic E-state index is 12.8. The summed E-state index contributed by atoms with van der Waals surface area (Å²) in [4.78, 5) is 24.9. The molecular formula is C22H26N2O3. The summed E-state index contributed by atoms with van der Waals surface area (Å²) in [5.41, 5.74) is 2.27. The third-order valence-corrected chi connectivity index (χ3v) is 4.87. The van der Waals surface area contributed by atoms with Crippen LogP contribution in [0.2, 0.25) is 0 Å². The van der Waals surface area contributed by atoms with Crippen LogP contribution in [-0.2, 0) is 22.6 Å². The topological polar surface area (TPSA) is 67.4 Å². The lowest BCUT2D eigenvalue weighted by Gasteiger charge is -2.31. The SMILES string of the molecule is CC(C)(NC(=O)OCc1ccccc1)C(=O)NC1CCCc2ccccc21. The molecule has 0 aliphatic heterocycles. The predicted octanol–water partition coefficient (Wildman–Crippen LogP) is 3.89. The molecule has 2 amide bonds. The van der Waals surface area contributed by atoms with E-state index in [0.717, 1.165) is 24.8 Å². The molecule has 2 N–H and O–H groups in total. The highest BCUT2D eigenvalue weighted by atomic mass is 16.5. The number of carbonyl (C=O) groups excluding carboxylic acids is 2. The Morgan fingerprint density at radius 2 is 1.78 bits per heavy atom. The Hall–Kier alpha value is -2.82. The third kappa shape index (κ3) is 4.88. The molecule has 1 aliphatic rings. The molecule has 2 aromatic carbocycles. The van der Waals surface area contributed by atoms with Gasteiger partial charge in [0.1, 0.15) is 12.1 Å². The fourth-order valence-electron chi connectivity index (χ4n) is 3.31. The maximum absolute atomic E-state index is 12.8. The zero-order valence-corrected chi connectivity index (χ0v) is 15.8. The van der Waals surface area contributed by atoms with Crippen LogP contribution >= 0.6 is 0 Å². The van der Waals surface area contributed by atoms with E-state index in [4.69, 9.17) is 4.74 Å². The van der Waals surface area contributed by atoms with E-state index in [-0.39, 0.29) is 18.6 Å². The number of fused-ring (bicyclic) bond motifs is 1. The number of hydrogen-bond acceptors (Lipinski definition) is 3. The number of hydrogen-bond donors (Lipinski definition) is 2. The van der Waals surface area contributed by atoms with Crippen molar-refractivity contribution in [3.05, 3.63) is 71.3 Å². The molecule has 0 fully saturated rings. The van der Waals surface area contributed by atoms with E-state index in [0.29, 0.717) is 0 Å². The molecule has 142 valence electrons. The molecule has 0 saturated carbocycles. The van der Waals surface area contributed by atoms with Gasteiger partial charge in [0.25, 0.3) is 0 Å². The zero-order chi connectivity index (χ0) is 19.3. The van der Waals surface area contributed by atoms with Crippen LogP contribution in [0.3, 0.4) is 0 Å². The van der Waals surface area contributed by atoms with Gasteiger partial charge in [-0.25, -0.2) is 4.79 Å². The number of alkyl carbamates (subject to hydrolysis) is 1. The van der Waals surface area contributed by atoms with Crippen LogP contribution in [0.1, 0.15) is 49.4 Å². The van der Waals surface area contributed by atoms with Crippen molar-refractivity contribution in [3.8, 4) is 0 Å². The van der Waals surface area contributed by atoms with Crippen LogP contribution < -0.4 is 10.6 Å². The molecule has 1 aliphatic carbocycles. The van der Waals surface area contributed by atoms with Gasteiger partial charge in [-0.2, -0.15) is 0 Å². The Morgan fingerprint density at radius 3 is 2.56 bits per heavy atom. The predicted molar refractivity (Wildman–Crippen MR) is 104 cm³/mol. The zero-order valence-electron chi connectivity index (χ0n) is 15.8. The summed E-state index contributed by atoms with van der Waals surface area (Å²) < 4.78 is 5.23. The molecule has 0 radical (unpaired) electrons. The lowest BCUT2D eigenvalue weighted by atomic mass is 9.87. The molecule has 5 heteroatoms. The number of rotatable bonds is 5. The first-order valence-corrected chi connectivity index (χ1v) is 9.33. The van der Waals surface area contributed by atoms with E-state index in [2.05, 4.69) is 22.8 Å². The van der Waals surface area contributed by atoms with Gasteiger partial charge in [0.2, 0.25) is 5.91 Å². The summed E-state index contributed by atoms with van der Waals surface area (Å²) in [6.07, 6.45) is 2.37. The lowest BCUT2D eigenvalue weighted by molar-refractivity contribution is -0.127. The van der Waals surface area contributed by atoms with Gasteiger partial charge < -0.3 is 15.4 Å². The molecule has 0 saturated heterocycles. The minimum absolute atomic E-state index is 0.0242. The Kier molecular flexibility index (Phi) is 5.79. The third-order valence-electron chi connectivity index (χ3n) is 4.87. The van der Waals surface area contributed by atoms with Crippen molar-refractivity contribution in [2.75, 3.05) is 0 Å². The molecule has 0 spiro atoms. The average molecular weight is 366 g/mol. The summed E-state index contributed by atoms with van der Waals surface area (Å²) in [6, 6.07) is 17.6. The first-order chi connectivity index (χ1) is 13.0. The fourth-order valence-corrected chi connectivity index (χ4v) is 3.31. The minimum atomic E-state index is -1.07. The normalized spacial score (nSPS) is 16.1. The van der Waals surface area contributed by atoms with E-state index < -0.39 is 11.6 Å². The van der Waals surface area contributed by atoms with E-state index in [1.165, 1.54) is 11.1 Å². The summed E-state index contributed by atoms with van der Waals surface area (Å²) in [5, 5.41) is 5.75. The van der Waals surface area contributed by atoms with Crippen LogP contribution in [0.5, 0.6) is 0 Å². The van der Waals surface area contributed by atoms with Gasteiger partial charge in [-0.3, -0.25) is 4.79 Å². The lowest BCUT2D eigenvalue weighted by Crippen LogP contribution is -2.55. The summed E-state index contributed by atoms with van der Waals surface area (Å²) in [6.45, 7) is 3.53. The number of nitrogens with one attached hydrogen (secondary N) is 2. The number of ether oxygens (including phenoxy) is 1. The Morgan fingerprint density at radius 1 is 1.07 bits per heavy atom. The molecule has 2 aromatic rings. The molecule has 27 heavy (non-hydrogen) atoms. The van der Waals surface area contributed by atoms with Gasteiger partial charge in [-0.05, 0) is 49.8 Å². The average Bonchev–Trinajstić information content (AvgIpc) is 2.67. The molecule has 0 aromatic heterocycles. The van der Waals surface area contributed by atoms with Gasteiger partial charge in [-0.15, -0.1) is 0 Å². The van der Waals surface area contributed by atoms with Crippen molar-refractivity contribution >= 4 is 12.0 Å². The Balaban J connectivity index is 1.56. The highest BCUT2D eigenvalue weighted by molar-refractivity contribution is 5.89. The van der Waals surface area contributed by atoms with E-state index in [1.807, 2.05) is 42.5 Å². The van der Waals surface area contributed by atoms with Crippen LogP contribution in [0.15, 0.2) is 54.6 Å². The van der Waals surface area contributed by atoms with Crippen molar-refractivity contribution in [1.29, 1.82) is 0 Å². The van der Waals surface area contributed by atoms with Crippen LogP contribution in [0.25, 0.3) is 0 Å². The minimum Gasteiger partial charge on any atom is -0.445 e. The van der Waals surface area contributed by atoms with E-state index in [9.17, 15) is 9.59 Å². The van der Waals surface area contributed by atoms with Crippen molar-refractivity contribution < 1.29 is 14.3 Å². The van der Waals surface area contributed by atoms with E-state index >= 15 is 0 Å². The molecule has 1 atom stereocenters. The highest BCUT2D eigenvalue weighted by Gasteiger charge is 2.33. The monoisotopic (exact) mass is 366 g/mol. The second-order valence-corrected chi connectivity index (χ2v) is 7.43. The smallest absolute Gasteiger partial charge is 0.408 e. The molecule has 5 nitrogen and oxygen atoms in total. The quantitative estimate of drug-likeness (QED) is 0.844. The van der Waals surface area contributed by atoms with Gasteiger partial charge in [-0.1, -0.05) is 54.6 Å². The summed E-state index contributed by atoms with van der Waals surface area (Å²) in [5.74, 6) is -0.221. The van der Waals surface area contributed by atoms with Crippen molar-refractivity contribution in [2.45, 2.75) is 51.3 Å². The van der Waals surface area contributed by atoms with Crippen LogP contribution in [0, 0.1) is 0 Å². The highest BCUT2D eigenvalue weighted by Crippen LogP contribution is 2.29. The molecular weight excluding hydrogens is 340 g/mol. The summed E-state index contributed by atoms with van der Waals surface area (Å²) in [7, 11) is 0. The fraction of sp³-hybridized carbons (Fsp3) is 0.364. The molecule has 0 heterocycles. The van der Waals surface area contributed by atoms with Crippen molar-refractivity contribution in [3.63, 3.8) is 0 Å². The van der Waals surface area contributed by atoms with Gasteiger partial charge in [0, 0.05) is 0 Å². The number of amides is 2. The van der Waals surface area contributed by atoms with Crippen LogP contribution in [0.4, 0.5) is 4.79 Å². The van der Waals surface area contributed by atoms with Gasteiger partial charge in [0.15, 0.2) is 0 Å².